The number of rotatable bonds is 6. The second kappa shape index (κ2) is 7.61. The van der Waals surface area contributed by atoms with Crippen LogP contribution >= 0.6 is 11.3 Å². The van der Waals surface area contributed by atoms with Gasteiger partial charge in [0, 0.05) is 16.3 Å². The van der Waals surface area contributed by atoms with Gasteiger partial charge in [-0.3, -0.25) is 0 Å². The van der Waals surface area contributed by atoms with E-state index in [4.69, 9.17) is 0 Å². The van der Waals surface area contributed by atoms with Crippen molar-refractivity contribution in [2.45, 2.75) is 57.1 Å². The van der Waals surface area contributed by atoms with Gasteiger partial charge in [-0.05, 0) is 61.8 Å². The Labute approximate surface area is 155 Å². The van der Waals surface area contributed by atoms with Crippen molar-refractivity contribution >= 4 is 11.3 Å². The van der Waals surface area contributed by atoms with E-state index in [-0.39, 0.29) is 0 Å². The van der Waals surface area contributed by atoms with E-state index in [1.165, 1.54) is 41.0 Å². The molecule has 1 heterocycles. The first kappa shape index (κ1) is 17.3. The number of aliphatic hydroxyl groups is 1. The van der Waals surface area contributed by atoms with E-state index in [1.54, 1.807) is 0 Å². The molecule has 0 amide bonds. The van der Waals surface area contributed by atoms with E-state index in [0.29, 0.717) is 0 Å². The van der Waals surface area contributed by atoms with E-state index in [1.807, 2.05) is 11.3 Å². The maximum Gasteiger partial charge on any atom is 0.0665 e. The van der Waals surface area contributed by atoms with Crippen LogP contribution in [0.3, 0.4) is 0 Å². The minimum atomic E-state index is -0.411. The van der Waals surface area contributed by atoms with Crippen molar-refractivity contribution in [3.63, 3.8) is 0 Å². The van der Waals surface area contributed by atoms with Crippen LogP contribution in [0.1, 0.15) is 49.8 Å². The Morgan fingerprint density at radius 2 is 1.80 bits per heavy atom. The highest BCUT2D eigenvalue weighted by molar-refractivity contribution is 7.15. The lowest BCUT2D eigenvalue weighted by atomic mass is 9.65. The van der Waals surface area contributed by atoms with Crippen molar-refractivity contribution < 1.29 is 5.11 Å². The molecule has 2 aliphatic carbocycles. The lowest BCUT2D eigenvalue weighted by Crippen LogP contribution is -2.42. The fourth-order valence-corrected chi connectivity index (χ4v) is 5.88. The summed E-state index contributed by atoms with van der Waals surface area (Å²) >= 11 is 1.86. The Hall–Kier alpha value is -1.16. The molecule has 2 fully saturated rings. The maximum atomic E-state index is 11.0. The molecule has 2 aliphatic rings. The van der Waals surface area contributed by atoms with Crippen molar-refractivity contribution in [1.29, 1.82) is 0 Å². The molecule has 134 valence electrons. The third kappa shape index (κ3) is 4.33. The predicted octanol–water partition coefficient (Wildman–Crippen LogP) is 5.23. The minimum Gasteiger partial charge on any atom is -0.390 e. The molecule has 1 aromatic carbocycles. The lowest BCUT2D eigenvalue weighted by molar-refractivity contribution is -0.0567. The predicted molar refractivity (Wildman–Crippen MR) is 106 cm³/mol. The average molecular weight is 356 g/mol. The van der Waals surface area contributed by atoms with E-state index < -0.39 is 5.60 Å². The lowest BCUT2D eigenvalue weighted by Gasteiger charge is -2.44. The molecule has 1 aromatic heterocycles. The average Bonchev–Trinajstić information content (AvgIpc) is 3.08. The van der Waals surface area contributed by atoms with Gasteiger partial charge in [-0.25, -0.2) is 0 Å². The normalized spacial score (nSPS) is 28.8. The summed E-state index contributed by atoms with van der Waals surface area (Å²) < 4.78 is 0. The molecule has 25 heavy (non-hydrogen) atoms. The molecule has 4 rings (SSSR count). The zero-order valence-corrected chi connectivity index (χ0v) is 15.7. The standard InChI is InChI=1S/C22H29NOS/c24-22(14-17-5-4-6-18(13-17)15-22)11-12-23-16-20-9-10-21(25-20)19-7-2-1-3-8-19/h1-3,7-10,17-18,23-24H,4-6,11-16H2. The van der Waals surface area contributed by atoms with Crippen molar-refractivity contribution in [2.75, 3.05) is 6.54 Å². The van der Waals surface area contributed by atoms with E-state index >= 15 is 0 Å². The zero-order chi connectivity index (χ0) is 17.1. The molecule has 2 nitrogen and oxygen atoms in total. The summed E-state index contributed by atoms with van der Waals surface area (Å²) in [5.74, 6) is 1.56. The Morgan fingerprint density at radius 1 is 1.04 bits per heavy atom. The van der Waals surface area contributed by atoms with Crippen molar-refractivity contribution in [1.82, 2.24) is 5.32 Å². The minimum absolute atomic E-state index is 0.411. The Morgan fingerprint density at radius 3 is 2.56 bits per heavy atom. The monoisotopic (exact) mass is 355 g/mol. The summed E-state index contributed by atoms with van der Waals surface area (Å²) in [4.78, 5) is 2.70. The quantitative estimate of drug-likeness (QED) is 0.696. The fourth-order valence-electron chi connectivity index (χ4n) is 4.90. The number of nitrogens with one attached hydrogen (secondary N) is 1. The van der Waals surface area contributed by atoms with Gasteiger partial charge in [-0.15, -0.1) is 11.3 Å². The Bertz CT molecular complexity index is 668. The van der Waals surface area contributed by atoms with Crippen molar-refractivity contribution in [3.05, 3.63) is 47.3 Å². The van der Waals surface area contributed by atoms with Gasteiger partial charge in [0.05, 0.1) is 5.60 Å². The van der Waals surface area contributed by atoms with E-state index in [2.05, 4.69) is 47.8 Å². The van der Waals surface area contributed by atoms with Gasteiger partial charge in [-0.1, -0.05) is 49.6 Å². The first-order valence-electron chi connectivity index (χ1n) is 9.77. The summed E-state index contributed by atoms with van der Waals surface area (Å²) in [5, 5.41) is 14.5. The summed E-state index contributed by atoms with van der Waals surface area (Å²) in [6.07, 6.45) is 8.38. The zero-order valence-electron chi connectivity index (χ0n) is 14.9. The topological polar surface area (TPSA) is 32.3 Å². The molecular weight excluding hydrogens is 326 g/mol. The summed E-state index contributed by atoms with van der Waals surface area (Å²) in [7, 11) is 0. The molecule has 2 unspecified atom stereocenters. The molecule has 0 saturated heterocycles. The first-order valence-corrected chi connectivity index (χ1v) is 10.6. The molecule has 2 bridgehead atoms. The third-order valence-electron chi connectivity index (χ3n) is 6.02. The second-order valence-corrected chi connectivity index (χ2v) is 9.26. The number of hydrogen-bond acceptors (Lipinski definition) is 3. The molecule has 3 heteroatoms. The molecule has 0 aliphatic heterocycles. The van der Waals surface area contributed by atoms with Crippen LogP contribution in [0.25, 0.3) is 10.4 Å². The van der Waals surface area contributed by atoms with Crippen LogP contribution in [0.15, 0.2) is 42.5 Å². The van der Waals surface area contributed by atoms with Crippen molar-refractivity contribution in [3.8, 4) is 10.4 Å². The van der Waals surface area contributed by atoms with Gasteiger partial charge in [0.2, 0.25) is 0 Å². The van der Waals surface area contributed by atoms with Crippen LogP contribution in [0.2, 0.25) is 0 Å². The van der Waals surface area contributed by atoms with Crippen LogP contribution in [0.5, 0.6) is 0 Å². The van der Waals surface area contributed by atoms with Crippen LogP contribution in [0.4, 0.5) is 0 Å². The summed E-state index contributed by atoms with van der Waals surface area (Å²) in [6, 6.07) is 15.0. The summed E-state index contributed by atoms with van der Waals surface area (Å²) in [6.45, 7) is 1.81. The molecular formula is C22H29NOS. The largest absolute Gasteiger partial charge is 0.390 e. The SMILES string of the molecule is OC1(CCNCc2ccc(-c3ccccc3)s2)CC2CCCC(C2)C1. The van der Waals surface area contributed by atoms with Gasteiger partial charge in [0.1, 0.15) is 0 Å². The Balaban J connectivity index is 1.25. The molecule has 2 atom stereocenters. The third-order valence-corrected chi connectivity index (χ3v) is 7.15. The van der Waals surface area contributed by atoms with Gasteiger partial charge in [-0.2, -0.15) is 0 Å². The Kier molecular flexibility index (Phi) is 5.25. The van der Waals surface area contributed by atoms with Gasteiger partial charge in [0.15, 0.2) is 0 Å². The van der Waals surface area contributed by atoms with Gasteiger partial charge < -0.3 is 10.4 Å². The highest BCUT2D eigenvalue weighted by atomic mass is 32.1. The summed E-state index contributed by atoms with van der Waals surface area (Å²) in [5.41, 5.74) is 0.882. The number of thiophene rings is 1. The molecule has 0 spiro atoms. The van der Waals surface area contributed by atoms with Crippen LogP contribution < -0.4 is 5.32 Å². The number of fused-ring (bicyclic) bond motifs is 2. The first-order chi connectivity index (χ1) is 12.2. The second-order valence-electron chi connectivity index (χ2n) is 8.09. The highest BCUT2D eigenvalue weighted by Crippen LogP contribution is 2.45. The highest BCUT2D eigenvalue weighted by Gasteiger charge is 2.40. The van der Waals surface area contributed by atoms with E-state index in [0.717, 1.165) is 44.2 Å². The van der Waals surface area contributed by atoms with Gasteiger partial charge in [0.25, 0.3) is 0 Å². The number of hydrogen-bond donors (Lipinski definition) is 2. The maximum absolute atomic E-state index is 11.0. The smallest absolute Gasteiger partial charge is 0.0665 e. The van der Waals surface area contributed by atoms with Crippen LogP contribution in [-0.4, -0.2) is 17.3 Å². The molecule has 2 saturated carbocycles. The fraction of sp³-hybridized carbons (Fsp3) is 0.545. The van der Waals surface area contributed by atoms with Crippen LogP contribution in [0, 0.1) is 11.8 Å². The van der Waals surface area contributed by atoms with E-state index in [9.17, 15) is 5.11 Å². The van der Waals surface area contributed by atoms with Crippen molar-refractivity contribution in [2.24, 2.45) is 11.8 Å². The van der Waals surface area contributed by atoms with Gasteiger partial charge >= 0.3 is 0 Å². The molecule has 2 N–H and O–H groups in total. The van der Waals surface area contributed by atoms with Crippen LogP contribution in [-0.2, 0) is 6.54 Å². The number of benzene rings is 1. The molecule has 0 radical (unpaired) electrons. The molecule has 2 aromatic rings.